The molecule has 6 nitrogen and oxygen atoms in total. The van der Waals surface area contributed by atoms with E-state index >= 15 is 0 Å². The standard InChI is InChI=1S/C29H41NO5/c1-26(2,3)35-25(32)30-22(19-11-9-8-10-12-19)23(34-28(30,6)7)33-24(31)29-15-18-13-20(16-29)27(4,5)21(14-18)17-29/h8-12,18,20-23H,13-17H2,1-7H3/t18?,20?,21?,22-,23-,29?/m0/s1. The average molecular weight is 484 g/mol. The van der Waals surface area contributed by atoms with Crippen molar-refractivity contribution in [1.29, 1.82) is 0 Å². The van der Waals surface area contributed by atoms with Crippen LogP contribution in [0.25, 0.3) is 0 Å². The molecule has 2 unspecified atom stereocenters. The van der Waals surface area contributed by atoms with Gasteiger partial charge in [0.05, 0.1) is 5.41 Å². The lowest BCUT2D eigenvalue weighted by Crippen LogP contribution is -2.58. The number of benzene rings is 1. The van der Waals surface area contributed by atoms with Crippen molar-refractivity contribution in [3.05, 3.63) is 35.9 Å². The van der Waals surface area contributed by atoms with Gasteiger partial charge in [0.15, 0.2) is 0 Å². The molecule has 6 rings (SSSR count). The summed E-state index contributed by atoms with van der Waals surface area (Å²) in [5, 5.41) is 0. The Morgan fingerprint density at radius 2 is 1.57 bits per heavy atom. The molecule has 1 aliphatic heterocycles. The van der Waals surface area contributed by atoms with E-state index < -0.39 is 35.2 Å². The lowest BCUT2D eigenvalue weighted by atomic mass is 9.42. The Morgan fingerprint density at radius 1 is 0.971 bits per heavy atom. The molecule has 1 aromatic rings. The van der Waals surface area contributed by atoms with Gasteiger partial charge in [-0.25, -0.2) is 4.79 Å². The van der Waals surface area contributed by atoms with E-state index in [1.807, 2.05) is 65.0 Å². The molecule has 0 N–H and O–H groups in total. The van der Waals surface area contributed by atoms with E-state index in [9.17, 15) is 9.59 Å². The van der Waals surface area contributed by atoms with Gasteiger partial charge >= 0.3 is 12.1 Å². The summed E-state index contributed by atoms with van der Waals surface area (Å²) < 4.78 is 18.3. The normalized spacial score (nSPS) is 36.8. The second-order valence-electron chi connectivity index (χ2n) is 13.5. The molecule has 192 valence electrons. The summed E-state index contributed by atoms with van der Waals surface area (Å²) >= 11 is 0. The zero-order valence-corrected chi connectivity index (χ0v) is 22.3. The molecular formula is C29H41NO5. The maximum Gasteiger partial charge on any atom is 0.413 e. The highest BCUT2D eigenvalue weighted by atomic mass is 16.7. The lowest BCUT2D eigenvalue weighted by Gasteiger charge is -2.62. The van der Waals surface area contributed by atoms with Crippen LogP contribution in [-0.2, 0) is 19.0 Å². The minimum Gasteiger partial charge on any atom is -0.444 e. The second kappa shape index (κ2) is 7.96. The van der Waals surface area contributed by atoms with Gasteiger partial charge < -0.3 is 14.2 Å². The molecule has 5 aliphatic rings. The molecule has 0 radical (unpaired) electrons. The van der Waals surface area contributed by atoms with Crippen LogP contribution >= 0.6 is 0 Å². The van der Waals surface area contributed by atoms with E-state index in [0.29, 0.717) is 17.8 Å². The molecule has 1 amide bonds. The van der Waals surface area contributed by atoms with Crippen molar-refractivity contribution >= 4 is 12.1 Å². The third-order valence-corrected chi connectivity index (χ3v) is 9.20. The van der Waals surface area contributed by atoms with Crippen LogP contribution in [0, 0.1) is 28.6 Å². The lowest BCUT2D eigenvalue weighted by molar-refractivity contribution is -0.217. The minimum absolute atomic E-state index is 0.153. The molecule has 4 atom stereocenters. The van der Waals surface area contributed by atoms with Gasteiger partial charge in [-0.1, -0.05) is 44.2 Å². The monoisotopic (exact) mass is 483 g/mol. The van der Waals surface area contributed by atoms with Gasteiger partial charge in [-0.3, -0.25) is 9.69 Å². The fraction of sp³-hybridized carbons (Fsp3) is 0.724. The molecule has 1 heterocycles. The maximum absolute atomic E-state index is 13.9. The van der Waals surface area contributed by atoms with Crippen LogP contribution in [0.5, 0.6) is 0 Å². The molecule has 1 aromatic carbocycles. The van der Waals surface area contributed by atoms with Crippen LogP contribution in [0.1, 0.15) is 92.2 Å². The number of hydrogen-bond donors (Lipinski definition) is 0. The van der Waals surface area contributed by atoms with Crippen molar-refractivity contribution in [2.75, 3.05) is 0 Å². The van der Waals surface area contributed by atoms with Crippen LogP contribution in [0.15, 0.2) is 30.3 Å². The number of ether oxygens (including phenoxy) is 3. The Morgan fingerprint density at radius 3 is 2.14 bits per heavy atom. The predicted octanol–water partition coefficient (Wildman–Crippen LogP) is 6.45. The molecule has 6 heteroatoms. The highest BCUT2D eigenvalue weighted by Gasteiger charge is 2.63. The first-order valence-electron chi connectivity index (χ1n) is 13.2. The number of amides is 1. The Bertz CT molecular complexity index is 976. The van der Waals surface area contributed by atoms with Crippen LogP contribution in [0.2, 0.25) is 0 Å². The Kier molecular flexibility index (Phi) is 5.60. The van der Waals surface area contributed by atoms with E-state index in [2.05, 4.69) is 13.8 Å². The summed E-state index contributed by atoms with van der Waals surface area (Å²) in [6, 6.07) is 9.08. The number of esters is 1. The first-order chi connectivity index (χ1) is 16.2. The van der Waals surface area contributed by atoms with Crippen molar-refractivity contribution < 1.29 is 23.8 Å². The predicted molar refractivity (Wildman–Crippen MR) is 132 cm³/mol. The third kappa shape index (κ3) is 4.16. The minimum atomic E-state index is -1.00. The number of carbonyl (C=O) groups is 2. The molecule has 4 aliphatic carbocycles. The summed E-state index contributed by atoms with van der Waals surface area (Å²) in [4.78, 5) is 28.9. The topological polar surface area (TPSA) is 65.1 Å². The fourth-order valence-electron chi connectivity index (χ4n) is 7.48. The van der Waals surface area contributed by atoms with Crippen molar-refractivity contribution in [2.45, 2.75) is 104 Å². The summed E-state index contributed by atoms with van der Waals surface area (Å²) in [5.74, 6) is 1.58. The molecule has 5 fully saturated rings. The number of hydrogen-bond acceptors (Lipinski definition) is 5. The van der Waals surface area contributed by atoms with Crippen molar-refractivity contribution in [1.82, 2.24) is 4.90 Å². The molecule has 4 saturated carbocycles. The summed E-state index contributed by atoms with van der Waals surface area (Å²) in [6.07, 6.45) is 3.78. The maximum atomic E-state index is 13.9. The molecule has 0 aromatic heterocycles. The highest BCUT2D eigenvalue weighted by Crippen LogP contribution is 2.67. The van der Waals surface area contributed by atoms with Gasteiger partial charge in [-0.15, -0.1) is 0 Å². The van der Waals surface area contributed by atoms with Crippen LogP contribution in [0.4, 0.5) is 4.79 Å². The summed E-state index contributed by atoms with van der Waals surface area (Å²) in [7, 11) is 0. The zero-order chi connectivity index (χ0) is 25.4. The number of rotatable bonds is 3. The SMILES string of the molecule is CC(C)(C)OC(=O)N1[C@@H](c2ccccc2)[C@@H](OC(=O)C23CC4CC(C2)C(C)(C)C(C4)C3)OC1(C)C. The van der Waals surface area contributed by atoms with E-state index in [0.717, 1.165) is 24.8 Å². The Hall–Kier alpha value is -2.08. The van der Waals surface area contributed by atoms with E-state index in [1.165, 1.54) is 12.8 Å². The second-order valence-corrected chi connectivity index (χ2v) is 13.5. The smallest absolute Gasteiger partial charge is 0.413 e. The molecule has 35 heavy (non-hydrogen) atoms. The summed E-state index contributed by atoms with van der Waals surface area (Å²) in [6.45, 7) is 14.0. The van der Waals surface area contributed by atoms with E-state index in [1.54, 1.807) is 4.90 Å². The molecule has 0 spiro atoms. The van der Waals surface area contributed by atoms with Gasteiger partial charge in [0.25, 0.3) is 0 Å². The average Bonchev–Trinajstić information content (AvgIpc) is 3.01. The van der Waals surface area contributed by atoms with Crippen molar-refractivity contribution in [2.24, 2.45) is 28.6 Å². The number of carbonyl (C=O) groups excluding carboxylic acids is 2. The Labute approximate surface area is 209 Å². The van der Waals surface area contributed by atoms with Gasteiger partial charge in [-0.2, -0.15) is 0 Å². The van der Waals surface area contributed by atoms with Gasteiger partial charge in [0.2, 0.25) is 6.29 Å². The highest BCUT2D eigenvalue weighted by molar-refractivity contribution is 5.78. The van der Waals surface area contributed by atoms with Gasteiger partial charge in [0.1, 0.15) is 17.4 Å². The molecule has 1 saturated heterocycles. The number of nitrogens with zero attached hydrogens (tertiary/aromatic N) is 1. The van der Waals surface area contributed by atoms with Crippen molar-refractivity contribution in [3.63, 3.8) is 0 Å². The molecular weight excluding hydrogens is 442 g/mol. The Balaban J connectivity index is 1.44. The van der Waals surface area contributed by atoms with Gasteiger partial charge in [-0.05, 0) is 95.5 Å². The largest absolute Gasteiger partial charge is 0.444 e. The van der Waals surface area contributed by atoms with E-state index in [-0.39, 0.29) is 11.4 Å². The molecule has 4 bridgehead atoms. The van der Waals surface area contributed by atoms with Crippen molar-refractivity contribution in [3.8, 4) is 0 Å². The zero-order valence-electron chi connectivity index (χ0n) is 22.3. The summed E-state index contributed by atoms with van der Waals surface area (Å²) in [5.41, 5.74) is -0.951. The fourth-order valence-corrected chi connectivity index (χ4v) is 7.48. The van der Waals surface area contributed by atoms with Crippen LogP contribution in [-0.4, -0.2) is 34.6 Å². The third-order valence-electron chi connectivity index (χ3n) is 9.20. The quantitative estimate of drug-likeness (QED) is 0.462. The first kappa shape index (κ1) is 24.6. The van der Waals surface area contributed by atoms with Crippen LogP contribution < -0.4 is 0 Å². The van der Waals surface area contributed by atoms with Gasteiger partial charge in [0, 0.05) is 0 Å². The first-order valence-corrected chi connectivity index (χ1v) is 13.2. The van der Waals surface area contributed by atoms with E-state index in [4.69, 9.17) is 14.2 Å². The van der Waals surface area contributed by atoms with Crippen LogP contribution in [0.3, 0.4) is 0 Å².